The van der Waals surface area contributed by atoms with E-state index in [9.17, 15) is 25.9 Å². The van der Waals surface area contributed by atoms with E-state index in [1.165, 1.54) is 51.4 Å². The first-order valence-electron chi connectivity index (χ1n) is 12.1. The summed E-state index contributed by atoms with van der Waals surface area (Å²) in [5.41, 5.74) is 0. The standard InChI is InChI=1S/C22H48N2O6S2/c1-23(2,19-15-21-31(25,26)27)17-13-11-9-7-5-6-8-10-12-14-18-24(3,4)20-16-22-32(28,29)30/h5-22H2,1-4H3. The van der Waals surface area contributed by atoms with Crippen molar-refractivity contribution in [2.24, 2.45) is 0 Å². The van der Waals surface area contributed by atoms with Gasteiger partial charge in [-0.15, -0.1) is 0 Å². The normalized spacial score (nSPS) is 13.6. The van der Waals surface area contributed by atoms with Crippen LogP contribution in [0.25, 0.3) is 0 Å². The van der Waals surface area contributed by atoms with Gasteiger partial charge in [-0.3, -0.25) is 0 Å². The topological polar surface area (TPSA) is 114 Å². The van der Waals surface area contributed by atoms with Gasteiger partial charge in [-0.25, -0.2) is 16.8 Å². The fraction of sp³-hybridized carbons (Fsp3) is 1.00. The van der Waals surface area contributed by atoms with E-state index >= 15 is 0 Å². The minimum atomic E-state index is -4.10. The molecule has 10 heteroatoms. The maximum absolute atomic E-state index is 10.7. The number of rotatable bonds is 21. The van der Waals surface area contributed by atoms with Crippen molar-refractivity contribution >= 4 is 20.2 Å². The van der Waals surface area contributed by atoms with Crippen LogP contribution in [0.3, 0.4) is 0 Å². The molecule has 0 aromatic carbocycles. The molecule has 0 saturated carbocycles. The average Bonchev–Trinajstić information content (AvgIpc) is 2.59. The van der Waals surface area contributed by atoms with E-state index in [-0.39, 0.29) is 11.5 Å². The van der Waals surface area contributed by atoms with Gasteiger partial charge in [0.25, 0.3) is 0 Å². The molecule has 0 aliphatic heterocycles. The van der Waals surface area contributed by atoms with Crippen LogP contribution < -0.4 is 0 Å². The first-order chi connectivity index (χ1) is 14.6. The third-order valence-corrected chi connectivity index (χ3v) is 7.67. The fourth-order valence-corrected chi connectivity index (χ4v) is 5.02. The molecule has 0 aliphatic rings. The molecule has 0 N–H and O–H groups in total. The van der Waals surface area contributed by atoms with Gasteiger partial charge in [-0.1, -0.05) is 38.5 Å². The van der Waals surface area contributed by atoms with Gasteiger partial charge in [0, 0.05) is 24.3 Å². The van der Waals surface area contributed by atoms with Gasteiger partial charge in [0.15, 0.2) is 0 Å². The number of hydrogen-bond donors (Lipinski definition) is 0. The van der Waals surface area contributed by atoms with Gasteiger partial charge in [0.1, 0.15) is 0 Å². The lowest BCUT2D eigenvalue weighted by Crippen LogP contribution is -2.41. The van der Waals surface area contributed by atoms with Crippen molar-refractivity contribution in [3.05, 3.63) is 0 Å². The zero-order valence-electron chi connectivity index (χ0n) is 20.9. The summed E-state index contributed by atoms with van der Waals surface area (Å²) in [6.45, 7) is 3.47. The Bertz CT molecular complexity index is 631. The van der Waals surface area contributed by atoms with Gasteiger partial charge in [-0.2, -0.15) is 0 Å². The van der Waals surface area contributed by atoms with E-state index in [2.05, 4.69) is 28.2 Å². The van der Waals surface area contributed by atoms with Crippen LogP contribution in [0, 0.1) is 0 Å². The molecule has 0 atom stereocenters. The van der Waals surface area contributed by atoms with Crippen LogP contribution in [0.15, 0.2) is 0 Å². The molecular weight excluding hydrogens is 452 g/mol. The highest BCUT2D eigenvalue weighted by atomic mass is 32.2. The highest BCUT2D eigenvalue weighted by Crippen LogP contribution is 2.13. The zero-order valence-corrected chi connectivity index (χ0v) is 22.5. The van der Waals surface area contributed by atoms with Crippen molar-refractivity contribution in [3.8, 4) is 0 Å². The highest BCUT2D eigenvalue weighted by Gasteiger charge is 2.15. The Morgan fingerprint density at radius 2 is 0.656 bits per heavy atom. The van der Waals surface area contributed by atoms with Crippen molar-refractivity contribution in [1.29, 1.82) is 0 Å². The first kappa shape index (κ1) is 31.7. The second-order valence-electron chi connectivity index (χ2n) is 10.5. The summed E-state index contributed by atoms with van der Waals surface area (Å²) < 4.78 is 65.7. The smallest absolute Gasteiger partial charge is 0.0948 e. The van der Waals surface area contributed by atoms with Crippen molar-refractivity contribution in [2.45, 2.75) is 77.0 Å². The fourth-order valence-electron chi connectivity index (χ4n) is 4.06. The molecule has 0 heterocycles. The van der Waals surface area contributed by atoms with Crippen molar-refractivity contribution in [2.75, 3.05) is 65.9 Å². The van der Waals surface area contributed by atoms with Crippen molar-refractivity contribution in [1.82, 2.24) is 0 Å². The largest absolute Gasteiger partial charge is 0.748 e. The Morgan fingerprint density at radius 1 is 0.438 bits per heavy atom. The Kier molecular flexibility index (Phi) is 15.5. The van der Waals surface area contributed by atoms with Crippen LogP contribution in [-0.2, 0) is 20.2 Å². The maximum atomic E-state index is 10.7. The van der Waals surface area contributed by atoms with Crippen LogP contribution in [0.2, 0.25) is 0 Å². The molecule has 0 rings (SSSR count). The summed E-state index contributed by atoms with van der Waals surface area (Å²) in [7, 11) is 0.176. The molecule has 8 nitrogen and oxygen atoms in total. The minimum Gasteiger partial charge on any atom is -0.748 e. The molecule has 194 valence electrons. The van der Waals surface area contributed by atoms with E-state index in [0.717, 1.165) is 48.0 Å². The summed E-state index contributed by atoms with van der Waals surface area (Å²) in [6, 6.07) is 0. The van der Waals surface area contributed by atoms with Gasteiger partial charge in [0.05, 0.1) is 74.6 Å². The molecule has 0 unspecified atom stereocenters. The maximum Gasteiger partial charge on any atom is 0.0948 e. The van der Waals surface area contributed by atoms with Gasteiger partial charge in [0.2, 0.25) is 0 Å². The van der Waals surface area contributed by atoms with E-state index in [1.807, 2.05) is 0 Å². The molecule has 0 saturated heterocycles. The monoisotopic (exact) mass is 500 g/mol. The van der Waals surface area contributed by atoms with Gasteiger partial charge < -0.3 is 18.1 Å². The lowest BCUT2D eigenvalue weighted by Gasteiger charge is -2.30. The summed E-state index contributed by atoms with van der Waals surface area (Å²) in [5.74, 6) is -0.527. The number of hydrogen-bond acceptors (Lipinski definition) is 6. The lowest BCUT2D eigenvalue weighted by molar-refractivity contribution is -0.890. The number of unbranched alkanes of at least 4 members (excludes halogenated alkanes) is 9. The Morgan fingerprint density at radius 3 is 0.906 bits per heavy atom. The number of nitrogens with zero attached hydrogens (tertiary/aromatic N) is 2. The SMILES string of the molecule is C[N+](C)(CCCCCCCCCCCC[N+](C)(C)CCCS(=O)(=O)[O-])CCCS(=O)(=O)[O-]. The summed E-state index contributed by atoms with van der Waals surface area (Å²) in [5, 5.41) is 0. The molecule has 0 radical (unpaired) electrons. The van der Waals surface area contributed by atoms with E-state index in [4.69, 9.17) is 0 Å². The van der Waals surface area contributed by atoms with Crippen LogP contribution in [0.1, 0.15) is 77.0 Å². The summed E-state index contributed by atoms with van der Waals surface area (Å²) in [4.78, 5) is 0. The lowest BCUT2D eigenvalue weighted by atomic mass is 10.1. The molecular formula is C22H48N2O6S2. The second-order valence-corrected chi connectivity index (χ2v) is 13.6. The van der Waals surface area contributed by atoms with Crippen LogP contribution in [0.4, 0.5) is 0 Å². The van der Waals surface area contributed by atoms with E-state index < -0.39 is 20.2 Å². The van der Waals surface area contributed by atoms with Gasteiger partial charge in [-0.05, 0) is 25.7 Å². The quantitative estimate of drug-likeness (QED) is 0.136. The third kappa shape index (κ3) is 22.9. The first-order valence-corrected chi connectivity index (χ1v) is 15.3. The molecule has 0 amide bonds. The van der Waals surface area contributed by atoms with Gasteiger partial charge >= 0.3 is 0 Å². The van der Waals surface area contributed by atoms with Crippen molar-refractivity contribution < 1.29 is 34.9 Å². The Labute approximate surface area is 198 Å². The molecule has 0 spiro atoms. The van der Waals surface area contributed by atoms with Crippen LogP contribution in [0.5, 0.6) is 0 Å². The molecule has 0 aromatic heterocycles. The number of quaternary nitrogens is 2. The van der Waals surface area contributed by atoms with Crippen LogP contribution >= 0.6 is 0 Å². The summed E-state index contributed by atoms with van der Waals surface area (Å²) >= 11 is 0. The van der Waals surface area contributed by atoms with Crippen molar-refractivity contribution in [3.63, 3.8) is 0 Å². The highest BCUT2D eigenvalue weighted by molar-refractivity contribution is 7.85. The predicted molar refractivity (Wildman–Crippen MR) is 128 cm³/mol. The second kappa shape index (κ2) is 15.6. The van der Waals surface area contributed by atoms with E-state index in [1.54, 1.807) is 0 Å². The summed E-state index contributed by atoms with van der Waals surface area (Å²) in [6.07, 6.45) is 13.0. The molecule has 0 aromatic rings. The molecule has 32 heavy (non-hydrogen) atoms. The third-order valence-electron chi connectivity index (χ3n) is 6.09. The molecule has 0 bridgehead atoms. The predicted octanol–water partition coefficient (Wildman–Crippen LogP) is 2.91. The Hall–Kier alpha value is -0.260. The van der Waals surface area contributed by atoms with E-state index in [0.29, 0.717) is 12.8 Å². The average molecular weight is 501 g/mol. The molecule has 0 aliphatic carbocycles. The van der Waals surface area contributed by atoms with Crippen LogP contribution in [-0.4, -0.2) is 101 Å². The molecule has 0 fully saturated rings. The minimum absolute atomic E-state index is 0.263. The zero-order chi connectivity index (χ0) is 24.7. The Balaban J connectivity index is 3.55.